The summed E-state index contributed by atoms with van der Waals surface area (Å²) < 4.78 is 2.45. The van der Waals surface area contributed by atoms with Crippen molar-refractivity contribution in [2.24, 2.45) is 0 Å². The van der Waals surface area contributed by atoms with Crippen LogP contribution in [-0.4, -0.2) is 33.4 Å². The van der Waals surface area contributed by atoms with Crippen LogP contribution in [0.1, 0.15) is 30.6 Å². The van der Waals surface area contributed by atoms with E-state index in [1.54, 1.807) is 0 Å². The van der Waals surface area contributed by atoms with E-state index in [2.05, 4.69) is 20.9 Å². The lowest BCUT2D eigenvalue weighted by Crippen LogP contribution is -2.37. The molecular weight excluding hydrogens is 438 g/mol. The zero-order valence-corrected chi connectivity index (χ0v) is 18.2. The number of rotatable bonds is 3. The lowest BCUT2D eigenvalue weighted by molar-refractivity contribution is -0.131. The van der Waals surface area contributed by atoms with Gasteiger partial charge in [0.25, 0.3) is 5.56 Å². The van der Waals surface area contributed by atoms with Crippen molar-refractivity contribution in [3.05, 3.63) is 50.3 Å². The number of amides is 1. The Morgan fingerprint density at radius 3 is 2.50 bits per heavy atom. The van der Waals surface area contributed by atoms with Gasteiger partial charge in [0, 0.05) is 28.0 Å². The topological polar surface area (TPSA) is 55.2 Å². The summed E-state index contributed by atoms with van der Waals surface area (Å²) >= 11 is 4.97. The van der Waals surface area contributed by atoms with Gasteiger partial charge in [-0.2, -0.15) is 0 Å². The molecule has 0 radical (unpaired) electrons. The average Bonchev–Trinajstić information content (AvgIpc) is 2.85. The van der Waals surface area contributed by atoms with E-state index in [1.165, 1.54) is 35.1 Å². The van der Waals surface area contributed by atoms with E-state index in [0.717, 1.165) is 51.2 Å². The Bertz CT molecular complexity index is 1060. The minimum Gasteiger partial charge on any atom is -0.341 e. The van der Waals surface area contributed by atoms with Gasteiger partial charge in [-0.3, -0.25) is 14.2 Å². The highest BCUT2D eigenvalue weighted by molar-refractivity contribution is 9.10. The first kappa shape index (κ1) is 19.3. The summed E-state index contributed by atoms with van der Waals surface area (Å²) in [5.41, 5.74) is 1.76. The van der Waals surface area contributed by atoms with Crippen LogP contribution < -0.4 is 5.56 Å². The molecule has 3 heterocycles. The van der Waals surface area contributed by atoms with Crippen molar-refractivity contribution >= 4 is 43.4 Å². The number of aryl methyl sites for hydroxylation is 1. The molecule has 1 amide bonds. The number of hydrogen-bond donors (Lipinski definition) is 0. The molecule has 2 aromatic heterocycles. The zero-order valence-electron chi connectivity index (χ0n) is 15.8. The molecule has 1 saturated heterocycles. The molecule has 1 aliphatic heterocycles. The number of carbonyl (C=O) groups is 1. The number of benzene rings is 1. The highest BCUT2D eigenvalue weighted by Gasteiger charge is 2.20. The number of halogens is 1. The summed E-state index contributed by atoms with van der Waals surface area (Å²) in [6, 6.07) is 7.93. The van der Waals surface area contributed by atoms with Crippen LogP contribution in [0.4, 0.5) is 0 Å². The summed E-state index contributed by atoms with van der Waals surface area (Å²) in [7, 11) is 0. The first-order chi connectivity index (χ1) is 13.5. The molecule has 0 saturated carbocycles. The van der Waals surface area contributed by atoms with Gasteiger partial charge in [0.05, 0.1) is 11.7 Å². The Labute approximate surface area is 176 Å². The monoisotopic (exact) mass is 459 g/mol. The minimum atomic E-state index is -0.143. The first-order valence-electron chi connectivity index (χ1n) is 9.57. The molecule has 1 aliphatic rings. The van der Waals surface area contributed by atoms with Crippen LogP contribution in [0.2, 0.25) is 0 Å². The molecule has 28 heavy (non-hydrogen) atoms. The van der Waals surface area contributed by atoms with E-state index in [0.29, 0.717) is 5.39 Å². The van der Waals surface area contributed by atoms with Crippen LogP contribution >= 0.6 is 27.3 Å². The largest absolute Gasteiger partial charge is 0.341 e. The number of likely N-dealkylation sites (tertiary alicyclic amines) is 1. The molecule has 0 atom stereocenters. The van der Waals surface area contributed by atoms with E-state index >= 15 is 0 Å². The summed E-state index contributed by atoms with van der Waals surface area (Å²) in [5.74, 6) is 0.00212. The van der Waals surface area contributed by atoms with Gasteiger partial charge in [-0.15, -0.1) is 11.3 Å². The summed E-state index contributed by atoms with van der Waals surface area (Å²) in [6.45, 7) is 3.63. The predicted octanol–water partition coefficient (Wildman–Crippen LogP) is 4.60. The number of hydrogen-bond acceptors (Lipinski definition) is 4. The van der Waals surface area contributed by atoms with Crippen LogP contribution in [0, 0.1) is 6.92 Å². The molecule has 0 aliphatic carbocycles. The second-order valence-electron chi connectivity index (χ2n) is 7.19. The fraction of sp³-hybridized carbons (Fsp3) is 0.381. The van der Waals surface area contributed by atoms with Crippen molar-refractivity contribution in [3.8, 4) is 11.1 Å². The van der Waals surface area contributed by atoms with Gasteiger partial charge in [-0.05, 0) is 37.5 Å². The maximum absolute atomic E-state index is 13.2. The van der Waals surface area contributed by atoms with Crippen LogP contribution in [0.5, 0.6) is 0 Å². The van der Waals surface area contributed by atoms with E-state index in [1.807, 2.05) is 36.1 Å². The molecule has 0 unspecified atom stereocenters. The molecule has 146 valence electrons. The molecule has 0 spiro atoms. The Morgan fingerprint density at radius 1 is 1.14 bits per heavy atom. The van der Waals surface area contributed by atoms with Gasteiger partial charge in [-0.1, -0.05) is 40.9 Å². The Morgan fingerprint density at radius 2 is 1.82 bits per heavy atom. The van der Waals surface area contributed by atoms with Gasteiger partial charge < -0.3 is 4.90 Å². The van der Waals surface area contributed by atoms with Crippen molar-refractivity contribution in [2.45, 2.75) is 39.2 Å². The number of nitrogens with zero attached hydrogens (tertiary/aromatic N) is 3. The fourth-order valence-corrected chi connectivity index (χ4v) is 5.05. The van der Waals surface area contributed by atoms with Crippen molar-refractivity contribution in [1.29, 1.82) is 0 Å². The molecule has 0 bridgehead atoms. The highest BCUT2D eigenvalue weighted by Crippen LogP contribution is 2.35. The van der Waals surface area contributed by atoms with Crippen LogP contribution in [0.15, 0.2) is 39.9 Å². The maximum Gasteiger partial charge on any atom is 0.263 e. The normalized spacial score (nSPS) is 15.0. The van der Waals surface area contributed by atoms with Crippen molar-refractivity contribution in [1.82, 2.24) is 14.5 Å². The van der Waals surface area contributed by atoms with Crippen LogP contribution in [0.3, 0.4) is 0 Å². The maximum atomic E-state index is 13.2. The van der Waals surface area contributed by atoms with E-state index in [9.17, 15) is 9.59 Å². The van der Waals surface area contributed by atoms with Crippen LogP contribution in [-0.2, 0) is 11.3 Å². The van der Waals surface area contributed by atoms with Gasteiger partial charge in [0.15, 0.2) is 0 Å². The molecule has 0 N–H and O–H groups in total. The van der Waals surface area contributed by atoms with Gasteiger partial charge in [0.1, 0.15) is 11.4 Å². The van der Waals surface area contributed by atoms with Gasteiger partial charge >= 0.3 is 0 Å². The molecular formula is C21H22BrN3O2S. The first-order valence-corrected chi connectivity index (χ1v) is 11.2. The quantitative estimate of drug-likeness (QED) is 0.574. The van der Waals surface area contributed by atoms with Crippen LogP contribution in [0.25, 0.3) is 21.3 Å². The Hall–Kier alpha value is -1.99. The number of aromatic nitrogens is 2. The summed E-state index contributed by atoms with van der Waals surface area (Å²) in [4.78, 5) is 34.1. The second-order valence-corrected chi connectivity index (χ2v) is 9.31. The standard InChI is InChI=1S/C21H22BrN3O2S/c1-14-18(15-6-8-16(22)9-7-15)19-20(28-14)23-13-25(21(19)27)12-17(26)24-10-4-2-3-5-11-24/h6-9,13H,2-5,10-12H2,1H3. The summed E-state index contributed by atoms with van der Waals surface area (Å²) in [6.07, 6.45) is 5.93. The number of thiophene rings is 1. The molecule has 7 heteroatoms. The highest BCUT2D eigenvalue weighted by atomic mass is 79.9. The molecule has 1 aromatic carbocycles. The minimum absolute atomic E-state index is 0.00212. The third-order valence-electron chi connectivity index (χ3n) is 5.25. The van der Waals surface area contributed by atoms with Crippen molar-refractivity contribution in [2.75, 3.05) is 13.1 Å². The average molecular weight is 460 g/mol. The third-order valence-corrected chi connectivity index (χ3v) is 6.79. The predicted molar refractivity (Wildman–Crippen MR) is 117 cm³/mol. The number of carbonyl (C=O) groups excluding carboxylic acids is 1. The fourth-order valence-electron chi connectivity index (χ4n) is 3.78. The molecule has 1 fully saturated rings. The van der Waals surface area contributed by atoms with E-state index in [4.69, 9.17) is 0 Å². The van der Waals surface area contributed by atoms with Gasteiger partial charge in [-0.25, -0.2) is 4.98 Å². The lowest BCUT2D eigenvalue weighted by atomic mass is 10.0. The second kappa shape index (κ2) is 8.17. The molecule has 4 rings (SSSR count). The van der Waals surface area contributed by atoms with Gasteiger partial charge in [0.2, 0.25) is 5.91 Å². The third kappa shape index (κ3) is 3.78. The Balaban J connectivity index is 1.72. The number of fused-ring (bicyclic) bond motifs is 1. The Kier molecular flexibility index (Phi) is 5.64. The van der Waals surface area contributed by atoms with E-state index < -0.39 is 0 Å². The van der Waals surface area contributed by atoms with E-state index in [-0.39, 0.29) is 18.0 Å². The molecule has 5 nitrogen and oxygen atoms in total. The molecule has 3 aromatic rings. The SMILES string of the molecule is Cc1sc2ncn(CC(=O)N3CCCCCC3)c(=O)c2c1-c1ccc(Br)cc1. The lowest BCUT2D eigenvalue weighted by Gasteiger charge is -2.20. The summed E-state index contributed by atoms with van der Waals surface area (Å²) in [5, 5.41) is 0.607. The zero-order chi connectivity index (χ0) is 19.7. The van der Waals surface area contributed by atoms with Crippen molar-refractivity contribution in [3.63, 3.8) is 0 Å². The van der Waals surface area contributed by atoms with Crippen molar-refractivity contribution < 1.29 is 4.79 Å². The smallest absolute Gasteiger partial charge is 0.263 e.